The summed E-state index contributed by atoms with van der Waals surface area (Å²) in [6, 6.07) is 8.32. The normalized spacial score (nSPS) is 37.1. The van der Waals surface area contributed by atoms with Crippen LogP contribution in [0.25, 0.3) is 0 Å². The Morgan fingerprint density at radius 3 is 2.27 bits per heavy atom. The molecule has 1 heterocycles. The van der Waals surface area contributed by atoms with Crippen LogP contribution in [0.2, 0.25) is 0 Å². The van der Waals surface area contributed by atoms with Gasteiger partial charge in [-0.1, -0.05) is 70.2 Å². The van der Waals surface area contributed by atoms with Crippen LogP contribution in [-0.2, 0) is 42.8 Å². The summed E-state index contributed by atoms with van der Waals surface area (Å²) in [5.74, 6) is -2.58. The van der Waals surface area contributed by atoms with Crippen LogP contribution in [0.4, 0.5) is 0 Å². The molecule has 11 heteroatoms. The van der Waals surface area contributed by atoms with Crippen molar-refractivity contribution in [2.24, 2.45) is 22.2 Å². The van der Waals surface area contributed by atoms with Crippen LogP contribution in [0.15, 0.2) is 65.8 Å². The van der Waals surface area contributed by atoms with Gasteiger partial charge >= 0.3 is 17.9 Å². The number of carbonyl (C=O) groups is 4. The Balaban J connectivity index is 1.80. The van der Waals surface area contributed by atoms with Crippen LogP contribution in [0.3, 0.4) is 0 Å². The van der Waals surface area contributed by atoms with Crippen molar-refractivity contribution in [2.75, 3.05) is 20.8 Å². The highest BCUT2D eigenvalue weighted by molar-refractivity contribution is 5.95. The minimum atomic E-state index is -2.06. The van der Waals surface area contributed by atoms with Gasteiger partial charge in [-0.2, -0.15) is 0 Å². The molecule has 4 aliphatic rings. The van der Waals surface area contributed by atoms with Crippen LogP contribution in [0, 0.1) is 22.2 Å². The fourth-order valence-electron chi connectivity index (χ4n) is 9.72. The second-order valence-electron chi connectivity index (χ2n) is 15.8. The maximum Gasteiger partial charge on any atom is 0.338 e. The number of methoxy groups -OCH3 is 2. The third-order valence-electron chi connectivity index (χ3n) is 13.0. The van der Waals surface area contributed by atoms with Gasteiger partial charge in [0.2, 0.25) is 0 Å². The van der Waals surface area contributed by atoms with E-state index in [1.165, 1.54) is 21.1 Å². The lowest BCUT2D eigenvalue weighted by Crippen LogP contribution is -2.86. The molecule has 2 bridgehead atoms. The topological polar surface area (TPSA) is 144 Å². The molecule has 1 aromatic rings. The fourth-order valence-corrected chi connectivity index (χ4v) is 9.72. The van der Waals surface area contributed by atoms with Gasteiger partial charge in [0.15, 0.2) is 11.4 Å². The second kappa shape index (κ2) is 14.0. The molecule has 11 nitrogen and oxygen atoms in total. The van der Waals surface area contributed by atoms with E-state index in [-0.39, 0.29) is 37.4 Å². The average molecular weight is 723 g/mol. The zero-order valence-corrected chi connectivity index (χ0v) is 32.1. The van der Waals surface area contributed by atoms with Crippen LogP contribution >= 0.6 is 0 Å². The van der Waals surface area contributed by atoms with E-state index in [0.29, 0.717) is 11.1 Å². The molecular weight excluding hydrogens is 668 g/mol. The van der Waals surface area contributed by atoms with Crippen LogP contribution in [0.5, 0.6) is 0 Å². The van der Waals surface area contributed by atoms with Crippen molar-refractivity contribution >= 4 is 23.7 Å². The van der Waals surface area contributed by atoms with Crippen LogP contribution in [0.1, 0.15) is 85.0 Å². The first-order valence-electron chi connectivity index (χ1n) is 17.9. The van der Waals surface area contributed by atoms with Gasteiger partial charge in [-0.25, -0.2) is 4.79 Å². The zero-order valence-electron chi connectivity index (χ0n) is 32.1. The zero-order chi connectivity index (χ0) is 38.6. The summed E-state index contributed by atoms with van der Waals surface area (Å²) in [5.41, 5.74) is -6.35. The molecule has 3 unspecified atom stereocenters. The molecule has 1 aliphatic heterocycles. The van der Waals surface area contributed by atoms with Gasteiger partial charge in [0.1, 0.15) is 30.0 Å². The molecule has 5 rings (SSSR count). The van der Waals surface area contributed by atoms with E-state index < -0.39 is 81.7 Å². The quantitative estimate of drug-likeness (QED) is 0.142. The van der Waals surface area contributed by atoms with Crippen molar-refractivity contribution in [1.29, 1.82) is 0 Å². The predicted molar refractivity (Wildman–Crippen MR) is 191 cm³/mol. The largest absolute Gasteiger partial charge is 0.458 e. The lowest BCUT2D eigenvalue weighted by atomic mass is 9.38. The number of hydrogen-bond donors (Lipinski definition) is 1. The molecule has 1 saturated heterocycles. The molecule has 3 aliphatic carbocycles. The van der Waals surface area contributed by atoms with Gasteiger partial charge < -0.3 is 33.5 Å². The summed E-state index contributed by atoms with van der Waals surface area (Å²) in [7, 11) is 2.90. The maximum atomic E-state index is 15.5. The molecule has 0 spiro atoms. The fraction of sp³-hybridized carbons (Fsp3) is 0.610. The summed E-state index contributed by atoms with van der Waals surface area (Å²) >= 11 is 0. The Morgan fingerprint density at radius 2 is 1.73 bits per heavy atom. The van der Waals surface area contributed by atoms with Gasteiger partial charge in [0, 0.05) is 39.4 Å². The van der Waals surface area contributed by atoms with Gasteiger partial charge in [-0.15, -0.1) is 0 Å². The van der Waals surface area contributed by atoms with Crippen molar-refractivity contribution in [3.63, 3.8) is 0 Å². The third kappa shape index (κ3) is 5.61. The van der Waals surface area contributed by atoms with Crippen molar-refractivity contribution in [3.8, 4) is 0 Å². The first-order valence-corrected chi connectivity index (χ1v) is 17.9. The number of allylic oxidation sites excluding steroid dienone is 3. The molecule has 2 saturated carbocycles. The highest BCUT2D eigenvalue weighted by atomic mass is 16.6. The van der Waals surface area contributed by atoms with E-state index in [9.17, 15) is 19.5 Å². The maximum absolute atomic E-state index is 15.5. The van der Waals surface area contributed by atoms with E-state index in [1.54, 1.807) is 65.0 Å². The van der Waals surface area contributed by atoms with Gasteiger partial charge in [-0.3, -0.25) is 14.4 Å². The smallest absolute Gasteiger partial charge is 0.338 e. The standard InChI is InChI=1S/C41H54O11/c1-12-16-23(2)24(3)19-31(43)50-28-21-40(46)36(51-35(45)27-17-14-13-15-18-27)39(9)38(8,34(44)33(48-11)32(25(28)4)37(40,6)7)29(47-10)20-30-41(39,22-49-30)52-26(5)42/h12-18,24,28-30,33,36,46H,2,19-22H2,1,3-11H3/b16-12-/t24?,28-,29?,30+,33?,36-,38-,39-,40+,41-/m0/s1. The SMILES string of the molecule is C=C(/C=C\C)C(C)CC(=O)O[C@H]1C[C@@]2(O)[C@@H](OC(=O)c3ccccc3)[C@]3(C)[C@]4(OC(C)=O)CO[C@@H]4CC(OC)[C@@]3(C)C(=O)C(OC)C(=C1C)C2(C)C. The second-order valence-corrected chi connectivity index (χ2v) is 15.8. The first kappa shape index (κ1) is 39.6. The van der Waals surface area contributed by atoms with Crippen molar-refractivity contribution < 1.29 is 52.7 Å². The highest BCUT2D eigenvalue weighted by Crippen LogP contribution is 2.70. The monoisotopic (exact) mass is 722 g/mol. The number of ether oxygens (including phenoxy) is 6. The number of esters is 3. The van der Waals surface area contributed by atoms with E-state index in [0.717, 1.165) is 5.57 Å². The van der Waals surface area contributed by atoms with Crippen LogP contribution in [-0.4, -0.2) is 91.3 Å². The minimum Gasteiger partial charge on any atom is -0.458 e. The molecule has 1 N–H and O–H groups in total. The summed E-state index contributed by atoms with van der Waals surface area (Å²) in [6.45, 7) is 17.7. The molecular formula is C41H54O11. The van der Waals surface area contributed by atoms with Crippen molar-refractivity contribution in [2.45, 2.75) is 116 Å². The predicted octanol–water partition coefficient (Wildman–Crippen LogP) is 5.49. The molecule has 0 amide bonds. The number of Topliss-reactive ketones (excluding diaryl/α,β-unsaturated/α-hetero) is 1. The van der Waals surface area contributed by atoms with E-state index in [4.69, 9.17) is 28.4 Å². The molecule has 1 aromatic carbocycles. The summed E-state index contributed by atoms with van der Waals surface area (Å²) in [6.07, 6.45) is -1.81. The van der Waals surface area contributed by atoms with E-state index in [2.05, 4.69) is 6.58 Å². The average Bonchev–Trinajstić information content (AvgIpc) is 3.08. The highest BCUT2D eigenvalue weighted by Gasteiger charge is 2.84. The lowest BCUT2D eigenvalue weighted by molar-refractivity contribution is -0.381. The van der Waals surface area contributed by atoms with Crippen molar-refractivity contribution in [3.05, 3.63) is 71.3 Å². The molecule has 284 valence electrons. The van der Waals surface area contributed by atoms with E-state index in [1.807, 2.05) is 26.0 Å². The van der Waals surface area contributed by atoms with E-state index >= 15 is 4.79 Å². The number of carbonyl (C=O) groups excluding carboxylic acids is 4. The Kier molecular flexibility index (Phi) is 10.6. The van der Waals surface area contributed by atoms with Gasteiger partial charge in [-0.05, 0) is 50.0 Å². The van der Waals surface area contributed by atoms with Gasteiger partial charge in [0.25, 0.3) is 0 Å². The number of aliphatic hydroxyl groups is 1. The minimum absolute atomic E-state index is 0.0169. The Bertz CT molecular complexity index is 1680. The molecule has 52 heavy (non-hydrogen) atoms. The van der Waals surface area contributed by atoms with Crippen molar-refractivity contribution in [1.82, 2.24) is 0 Å². The molecule has 10 atom stereocenters. The molecule has 0 aromatic heterocycles. The van der Waals surface area contributed by atoms with Gasteiger partial charge in [0.05, 0.1) is 35.5 Å². The molecule has 3 fully saturated rings. The summed E-state index contributed by atoms with van der Waals surface area (Å²) in [4.78, 5) is 56.5. The number of rotatable bonds is 10. The Hall–Kier alpha value is -3.64. The number of hydrogen-bond acceptors (Lipinski definition) is 11. The Labute approximate surface area is 306 Å². The lowest BCUT2D eigenvalue weighted by Gasteiger charge is -2.72. The van der Waals surface area contributed by atoms with Crippen LogP contribution < -0.4 is 0 Å². The number of benzene rings is 1. The Morgan fingerprint density at radius 1 is 1.08 bits per heavy atom. The number of fused-ring (bicyclic) bond motifs is 5. The first-order chi connectivity index (χ1) is 24.3. The molecule has 0 radical (unpaired) electrons. The summed E-state index contributed by atoms with van der Waals surface area (Å²) in [5, 5.41) is 13.7. The third-order valence-corrected chi connectivity index (χ3v) is 13.0. The number of ketones is 1. The summed E-state index contributed by atoms with van der Waals surface area (Å²) < 4.78 is 37.3.